The zero-order valence-corrected chi connectivity index (χ0v) is 13.7. The average molecular weight is 313 g/mol. The summed E-state index contributed by atoms with van der Waals surface area (Å²) in [6.45, 7) is 7.35. The Kier molecular flexibility index (Phi) is 6.65. The topological polar surface area (TPSA) is 55.6 Å². The normalized spacial score (nSPS) is 23.3. The largest absolute Gasteiger partial charge is 0.372 e. The molecule has 1 fully saturated rings. The van der Waals surface area contributed by atoms with E-state index in [1.54, 1.807) is 0 Å². The van der Waals surface area contributed by atoms with Crippen LogP contribution in [0.1, 0.15) is 37.4 Å². The predicted molar refractivity (Wildman–Crippen MR) is 86.6 cm³/mol. The lowest BCUT2D eigenvalue weighted by Crippen LogP contribution is -2.51. The smallest absolute Gasteiger partial charge is 0.244 e. The second kappa shape index (κ2) is 7.78. The van der Waals surface area contributed by atoms with Gasteiger partial charge in [0.1, 0.15) is 6.04 Å². The molecule has 0 aliphatic carbocycles. The van der Waals surface area contributed by atoms with Crippen molar-refractivity contribution in [1.82, 2.24) is 4.90 Å². The van der Waals surface area contributed by atoms with Gasteiger partial charge in [0.05, 0.1) is 12.2 Å². The van der Waals surface area contributed by atoms with E-state index in [9.17, 15) is 4.79 Å². The first kappa shape index (κ1) is 18.0. The van der Waals surface area contributed by atoms with Crippen molar-refractivity contribution in [3.8, 4) is 0 Å². The molecule has 2 N–H and O–H groups in total. The van der Waals surface area contributed by atoms with Crippen molar-refractivity contribution < 1.29 is 9.53 Å². The summed E-state index contributed by atoms with van der Waals surface area (Å²) in [5, 5.41) is 0. The van der Waals surface area contributed by atoms with Gasteiger partial charge in [-0.25, -0.2) is 0 Å². The van der Waals surface area contributed by atoms with E-state index in [-0.39, 0.29) is 30.5 Å². The molecular formula is C16H25ClN2O2. The number of carbonyl (C=O) groups is 1. The number of benzene rings is 1. The van der Waals surface area contributed by atoms with E-state index < -0.39 is 6.04 Å². The molecule has 5 heteroatoms. The quantitative estimate of drug-likeness (QED) is 0.932. The summed E-state index contributed by atoms with van der Waals surface area (Å²) in [5.74, 6) is -0.0116. The Morgan fingerprint density at radius 2 is 2.00 bits per heavy atom. The van der Waals surface area contributed by atoms with Crippen molar-refractivity contribution in [2.45, 2.75) is 45.4 Å². The molecule has 0 radical (unpaired) electrons. The lowest BCUT2D eigenvalue weighted by molar-refractivity contribution is -0.146. The van der Waals surface area contributed by atoms with E-state index in [2.05, 4.69) is 6.92 Å². The number of nitrogens with two attached hydrogens (primary N) is 1. The number of ether oxygens (including phenoxy) is 1. The molecule has 1 aliphatic rings. The molecule has 3 unspecified atom stereocenters. The molecule has 0 bridgehead atoms. The first-order valence-corrected chi connectivity index (χ1v) is 7.27. The van der Waals surface area contributed by atoms with Crippen LogP contribution in [0, 0.1) is 6.92 Å². The van der Waals surface area contributed by atoms with E-state index in [0.717, 1.165) is 12.0 Å². The molecule has 1 aromatic rings. The maximum absolute atomic E-state index is 12.5. The molecule has 0 aromatic heterocycles. The maximum atomic E-state index is 12.5. The zero-order valence-electron chi connectivity index (χ0n) is 12.9. The Hall–Kier alpha value is -1.10. The van der Waals surface area contributed by atoms with Gasteiger partial charge in [-0.3, -0.25) is 4.79 Å². The highest BCUT2D eigenvalue weighted by atomic mass is 35.5. The fourth-order valence-corrected chi connectivity index (χ4v) is 2.56. The Morgan fingerprint density at radius 1 is 1.38 bits per heavy atom. The first-order valence-electron chi connectivity index (χ1n) is 7.27. The maximum Gasteiger partial charge on any atom is 0.244 e. The summed E-state index contributed by atoms with van der Waals surface area (Å²) >= 11 is 0. The van der Waals surface area contributed by atoms with Gasteiger partial charge in [-0.2, -0.15) is 0 Å². The summed E-state index contributed by atoms with van der Waals surface area (Å²) in [6, 6.07) is 7.25. The molecule has 0 saturated carbocycles. The van der Waals surface area contributed by atoms with Gasteiger partial charge in [0, 0.05) is 13.1 Å². The highest BCUT2D eigenvalue weighted by Crippen LogP contribution is 2.19. The molecule has 21 heavy (non-hydrogen) atoms. The van der Waals surface area contributed by atoms with E-state index in [0.29, 0.717) is 13.1 Å². The lowest BCUT2D eigenvalue weighted by atomic mass is 10.0. The average Bonchev–Trinajstić information content (AvgIpc) is 2.45. The minimum atomic E-state index is -0.585. The van der Waals surface area contributed by atoms with Crippen LogP contribution in [0.5, 0.6) is 0 Å². The van der Waals surface area contributed by atoms with Gasteiger partial charge in [-0.05, 0) is 25.8 Å². The molecule has 1 amide bonds. The van der Waals surface area contributed by atoms with Gasteiger partial charge >= 0.3 is 0 Å². The summed E-state index contributed by atoms with van der Waals surface area (Å²) in [4.78, 5) is 14.4. The number of hydrogen-bond acceptors (Lipinski definition) is 3. The number of nitrogens with zero attached hydrogens (tertiary/aromatic N) is 1. The first-order chi connectivity index (χ1) is 9.51. The van der Waals surface area contributed by atoms with Crippen LogP contribution in [-0.4, -0.2) is 36.1 Å². The molecule has 3 atom stereocenters. The second-order valence-corrected chi connectivity index (χ2v) is 5.61. The van der Waals surface area contributed by atoms with Crippen molar-refractivity contribution in [2.75, 3.05) is 13.1 Å². The van der Waals surface area contributed by atoms with Crippen LogP contribution in [0.4, 0.5) is 0 Å². The molecular weight excluding hydrogens is 288 g/mol. The van der Waals surface area contributed by atoms with Gasteiger partial charge < -0.3 is 15.4 Å². The molecule has 0 spiro atoms. The van der Waals surface area contributed by atoms with Gasteiger partial charge in [0.15, 0.2) is 0 Å². The monoisotopic (exact) mass is 312 g/mol. The third-order valence-electron chi connectivity index (χ3n) is 3.80. The van der Waals surface area contributed by atoms with Crippen LogP contribution in [0.15, 0.2) is 24.3 Å². The summed E-state index contributed by atoms with van der Waals surface area (Å²) in [7, 11) is 0. The third kappa shape index (κ3) is 4.43. The van der Waals surface area contributed by atoms with E-state index in [1.807, 2.05) is 43.0 Å². The fraction of sp³-hybridized carbons (Fsp3) is 0.562. The highest BCUT2D eigenvalue weighted by Gasteiger charge is 2.30. The predicted octanol–water partition coefficient (Wildman–Crippen LogP) is 2.44. The van der Waals surface area contributed by atoms with Gasteiger partial charge in [-0.1, -0.05) is 36.8 Å². The van der Waals surface area contributed by atoms with Gasteiger partial charge in [-0.15, -0.1) is 12.4 Å². The summed E-state index contributed by atoms with van der Waals surface area (Å²) in [6.07, 6.45) is 1.10. The molecule has 1 aromatic carbocycles. The summed E-state index contributed by atoms with van der Waals surface area (Å²) in [5.41, 5.74) is 8.15. The molecule has 118 valence electrons. The number of rotatable bonds is 3. The Morgan fingerprint density at radius 3 is 2.57 bits per heavy atom. The minimum absolute atomic E-state index is 0. The molecule has 1 saturated heterocycles. The van der Waals surface area contributed by atoms with Crippen LogP contribution in [0.25, 0.3) is 0 Å². The number of halogens is 1. The second-order valence-electron chi connectivity index (χ2n) is 5.61. The van der Waals surface area contributed by atoms with E-state index in [4.69, 9.17) is 10.5 Å². The van der Waals surface area contributed by atoms with Crippen molar-refractivity contribution in [3.05, 3.63) is 35.4 Å². The highest BCUT2D eigenvalue weighted by molar-refractivity contribution is 5.85. The third-order valence-corrected chi connectivity index (χ3v) is 3.80. The van der Waals surface area contributed by atoms with Crippen molar-refractivity contribution in [3.63, 3.8) is 0 Å². The Balaban J connectivity index is 0.00000220. The van der Waals surface area contributed by atoms with Crippen LogP contribution in [0.2, 0.25) is 0 Å². The van der Waals surface area contributed by atoms with Crippen LogP contribution < -0.4 is 5.73 Å². The molecule has 2 rings (SSSR count). The van der Waals surface area contributed by atoms with E-state index in [1.165, 1.54) is 5.56 Å². The van der Waals surface area contributed by atoms with E-state index >= 15 is 0 Å². The van der Waals surface area contributed by atoms with Gasteiger partial charge in [0.25, 0.3) is 0 Å². The number of carbonyl (C=O) groups excluding carboxylic acids is 1. The number of amides is 1. The van der Waals surface area contributed by atoms with Crippen molar-refractivity contribution >= 4 is 18.3 Å². The number of aryl methyl sites for hydroxylation is 1. The SMILES string of the molecule is CCC1CN(C(=O)C(N)c2ccc(C)cc2)CC(C)O1.Cl. The Labute approximate surface area is 133 Å². The minimum Gasteiger partial charge on any atom is -0.372 e. The Bertz CT molecular complexity index is 464. The zero-order chi connectivity index (χ0) is 14.7. The van der Waals surface area contributed by atoms with Crippen LogP contribution in [0.3, 0.4) is 0 Å². The van der Waals surface area contributed by atoms with Gasteiger partial charge in [0.2, 0.25) is 5.91 Å². The number of hydrogen-bond donors (Lipinski definition) is 1. The van der Waals surface area contributed by atoms with Crippen LogP contribution >= 0.6 is 12.4 Å². The molecule has 1 aliphatic heterocycles. The lowest BCUT2D eigenvalue weighted by Gasteiger charge is -2.37. The molecule has 1 heterocycles. The van der Waals surface area contributed by atoms with Crippen molar-refractivity contribution in [2.24, 2.45) is 5.73 Å². The number of morpholine rings is 1. The van der Waals surface area contributed by atoms with Crippen molar-refractivity contribution in [1.29, 1.82) is 0 Å². The fourth-order valence-electron chi connectivity index (χ4n) is 2.56. The summed E-state index contributed by atoms with van der Waals surface area (Å²) < 4.78 is 5.78. The molecule has 4 nitrogen and oxygen atoms in total. The van der Waals surface area contributed by atoms with Crippen LogP contribution in [-0.2, 0) is 9.53 Å². The standard InChI is InChI=1S/C16H24N2O2.ClH/c1-4-14-10-18(9-12(3)20-14)16(19)15(17)13-7-5-11(2)6-8-13;/h5-8,12,14-15H,4,9-10,17H2,1-3H3;1H.